The van der Waals surface area contributed by atoms with E-state index in [0.29, 0.717) is 5.69 Å². The largest absolute Gasteiger partial charge is 0.487 e. The van der Waals surface area contributed by atoms with Crippen molar-refractivity contribution in [3.05, 3.63) is 59.4 Å². The molecule has 0 spiro atoms. The average Bonchev–Trinajstić information content (AvgIpc) is 2.41. The molecule has 3 rings (SSSR count). The van der Waals surface area contributed by atoms with E-state index in [-0.39, 0.29) is 17.5 Å². The van der Waals surface area contributed by atoms with Gasteiger partial charge in [0.05, 0.1) is 11.7 Å². The Kier molecular flexibility index (Phi) is 3.36. The maximum absolute atomic E-state index is 14.1. The van der Waals surface area contributed by atoms with Gasteiger partial charge in [0.2, 0.25) is 0 Å². The second-order valence-electron chi connectivity index (χ2n) is 6.23. The zero-order valence-corrected chi connectivity index (χ0v) is 12.6. The van der Waals surface area contributed by atoms with E-state index >= 15 is 0 Å². The summed E-state index contributed by atoms with van der Waals surface area (Å²) in [6.07, 6.45) is 0.789. The highest BCUT2D eigenvalue weighted by Gasteiger charge is 2.33. The van der Waals surface area contributed by atoms with Gasteiger partial charge in [0.25, 0.3) is 0 Å². The lowest BCUT2D eigenvalue weighted by molar-refractivity contribution is 0.0758. The summed E-state index contributed by atoms with van der Waals surface area (Å²) in [6.45, 7) is 6.04. The lowest BCUT2D eigenvalue weighted by atomic mass is 9.89. The predicted molar refractivity (Wildman–Crippen MR) is 83.3 cm³/mol. The maximum Gasteiger partial charge on any atom is 0.146 e. The first-order valence-electron chi connectivity index (χ1n) is 7.26. The summed E-state index contributed by atoms with van der Waals surface area (Å²) in [7, 11) is 0. The Labute approximate surface area is 125 Å². The average molecular weight is 285 g/mol. The highest BCUT2D eigenvalue weighted by Crippen LogP contribution is 2.41. The highest BCUT2D eigenvalue weighted by molar-refractivity contribution is 5.55. The molecule has 0 radical (unpaired) electrons. The van der Waals surface area contributed by atoms with E-state index in [0.717, 1.165) is 23.3 Å². The number of fused-ring (bicyclic) bond motifs is 1. The predicted octanol–water partition coefficient (Wildman–Crippen LogP) is 4.85. The van der Waals surface area contributed by atoms with E-state index in [1.807, 2.05) is 37.3 Å². The first kappa shape index (κ1) is 13.9. The SMILES string of the molecule is Cc1cccc(F)c1NC1CC(C)(C)Oc2ccccc21. The molecular weight excluding hydrogens is 265 g/mol. The highest BCUT2D eigenvalue weighted by atomic mass is 19.1. The number of aryl methyl sites for hydroxylation is 1. The molecule has 0 bridgehead atoms. The molecule has 1 unspecified atom stereocenters. The minimum Gasteiger partial charge on any atom is -0.487 e. The number of ether oxygens (including phenoxy) is 1. The number of hydrogen-bond acceptors (Lipinski definition) is 2. The second-order valence-corrected chi connectivity index (χ2v) is 6.23. The van der Waals surface area contributed by atoms with Gasteiger partial charge in [-0.25, -0.2) is 4.39 Å². The van der Waals surface area contributed by atoms with Gasteiger partial charge in [0.1, 0.15) is 17.2 Å². The summed E-state index contributed by atoms with van der Waals surface area (Å²) < 4.78 is 20.1. The van der Waals surface area contributed by atoms with Crippen LogP contribution in [-0.2, 0) is 0 Å². The van der Waals surface area contributed by atoms with Crippen LogP contribution in [0.4, 0.5) is 10.1 Å². The molecule has 3 heteroatoms. The number of halogens is 1. The monoisotopic (exact) mass is 285 g/mol. The zero-order valence-electron chi connectivity index (χ0n) is 12.6. The Morgan fingerprint density at radius 1 is 1.14 bits per heavy atom. The van der Waals surface area contributed by atoms with Crippen LogP contribution < -0.4 is 10.1 Å². The fourth-order valence-electron chi connectivity index (χ4n) is 2.92. The van der Waals surface area contributed by atoms with E-state index < -0.39 is 0 Å². The molecule has 0 amide bonds. The van der Waals surface area contributed by atoms with E-state index in [1.165, 1.54) is 6.07 Å². The number of anilines is 1. The molecule has 1 heterocycles. The molecule has 110 valence electrons. The summed E-state index contributed by atoms with van der Waals surface area (Å²) in [5.74, 6) is 0.664. The van der Waals surface area contributed by atoms with Crippen LogP contribution in [0.15, 0.2) is 42.5 Å². The van der Waals surface area contributed by atoms with Crippen LogP contribution in [0.1, 0.15) is 37.4 Å². The van der Waals surface area contributed by atoms with Gasteiger partial charge in [-0.2, -0.15) is 0 Å². The van der Waals surface area contributed by atoms with Gasteiger partial charge in [0.15, 0.2) is 0 Å². The lowest BCUT2D eigenvalue weighted by Crippen LogP contribution is -2.37. The second kappa shape index (κ2) is 5.06. The van der Waals surface area contributed by atoms with Gasteiger partial charge in [-0.3, -0.25) is 0 Å². The molecule has 0 saturated heterocycles. The topological polar surface area (TPSA) is 21.3 Å². The number of nitrogens with one attached hydrogen (secondary N) is 1. The van der Waals surface area contributed by atoms with Crippen molar-refractivity contribution < 1.29 is 9.13 Å². The molecular formula is C18H20FNO. The summed E-state index contributed by atoms with van der Waals surface area (Å²) in [6, 6.07) is 13.2. The van der Waals surface area contributed by atoms with Gasteiger partial charge in [-0.15, -0.1) is 0 Å². The standard InChI is InChI=1S/C18H20FNO/c1-12-7-6-9-14(19)17(12)20-15-11-18(2,3)21-16-10-5-4-8-13(15)16/h4-10,15,20H,11H2,1-3H3. The quantitative estimate of drug-likeness (QED) is 0.851. The van der Waals surface area contributed by atoms with E-state index in [4.69, 9.17) is 4.74 Å². The van der Waals surface area contributed by atoms with Crippen molar-refractivity contribution in [1.29, 1.82) is 0 Å². The summed E-state index contributed by atoms with van der Waals surface area (Å²) in [4.78, 5) is 0. The van der Waals surface area contributed by atoms with Gasteiger partial charge in [-0.05, 0) is 38.5 Å². The van der Waals surface area contributed by atoms with Crippen molar-refractivity contribution in [2.45, 2.75) is 38.8 Å². The summed E-state index contributed by atoms with van der Waals surface area (Å²) in [5, 5.41) is 3.37. The molecule has 1 N–H and O–H groups in total. The molecule has 0 aromatic heterocycles. The number of rotatable bonds is 2. The Balaban J connectivity index is 1.99. The summed E-state index contributed by atoms with van der Waals surface area (Å²) >= 11 is 0. The van der Waals surface area contributed by atoms with Crippen molar-refractivity contribution >= 4 is 5.69 Å². The molecule has 1 atom stereocenters. The van der Waals surface area contributed by atoms with Crippen LogP contribution in [-0.4, -0.2) is 5.60 Å². The van der Waals surface area contributed by atoms with Crippen molar-refractivity contribution in [3.8, 4) is 5.75 Å². The molecule has 1 aliphatic rings. The van der Waals surface area contributed by atoms with Gasteiger partial charge < -0.3 is 10.1 Å². The Hall–Kier alpha value is -2.03. The van der Waals surface area contributed by atoms with Crippen LogP contribution in [0.2, 0.25) is 0 Å². The minimum atomic E-state index is -0.273. The van der Waals surface area contributed by atoms with Gasteiger partial charge in [0, 0.05) is 12.0 Å². The molecule has 0 aliphatic carbocycles. The van der Waals surface area contributed by atoms with Crippen LogP contribution in [0.25, 0.3) is 0 Å². The minimum absolute atomic E-state index is 0.0422. The van der Waals surface area contributed by atoms with Crippen LogP contribution in [0.5, 0.6) is 5.75 Å². The van der Waals surface area contributed by atoms with Crippen molar-refractivity contribution in [1.82, 2.24) is 0 Å². The van der Waals surface area contributed by atoms with E-state index in [9.17, 15) is 4.39 Å². The zero-order chi connectivity index (χ0) is 15.0. The third kappa shape index (κ3) is 2.73. The van der Waals surface area contributed by atoms with Crippen LogP contribution in [0, 0.1) is 12.7 Å². The smallest absolute Gasteiger partial charge is 0.146 e. The molecule has 0 saturated carbocycles. The first-order valence-corrected chi connectivity index (χ1v) is 7.26. The number of benzene rings is 2. The molecule has 21 heavy (non-hydrogen) atoms. The van der Waals surface area contributed by atoms with Crippen LogP contribution in [0.3, 0.4) is 0 Å². The van der Waals surface area contributed by atoms with Crippen molar-refractivity contribution in [2.75, 3.05) is 5.32 Å². The van der Waals surface area contributed by atoms with Crippen molar-refractivity contribution in [2.24, 2.45) is 0 Å². The maximum atomic E-state index is 14.1. The Bertz CT molecular complexity index is 646. The van der Waals surface area contributed by atoms with Crippen molar-refractivity contribution in [3.63, 3.8) is 0 Å². The van der Waals surface area contributed by atoms with Gasteiger partial charge in [-0.1, -0.05) is 30.3 Å². The van der Waals surface area contributed by atoms with Crippen LogP contribution >= 0.6 is 0 Å². The third-order valence-electron chi connectivity index (χ3n) is 3.92. The molecule has 1 aliphatic heterocycles. The molecule has 0 fully saturated rings. The fraction of sp³-hybridized carbons (Fsp3) is 0.333. The fourth-order valence-corrected chi connectivity index (χ4v) is 2.92. The van der Waals surface area contributed by atoms with Gasteiger partial charge >= 0.3 is 0 Å². The number of para-hydroxylation sites is 2. The Morgan fingerprint density at radius 2 is 1.90 bits per heavy atom. The summed E-state index contributed by atoms with van der Waals surface area (Å²) in [5.41, 5.74) is 2.30. The lowest BCUT2D eigenvalue weighted by Gasteiger charge is -2.38. The Morgan fingerprint density at radius 3 is 2.67 bits per heavy atom. The molecule has 2 aromatic carbocycles. The molecule has 2 aromatic rings. The third-order valence-corrected chi connectivity index (χ3v) is 3.92. The van der Waals surface area contributed by atoms with E-state index in [1.54, 1.807) is 6.07 Å². The first-order chi connectivity index (χ1) is 9.96. The normalized spacial score (nSPS) is 19.5. The number of hydrogen-bond donors (Lipinski definition) is 1. The molecule has 2 nitrogen and oxygen atoms in total. The van der Waals surface area contributed by atoms with E-state index in [2.05, 4.69) is 19.2 Å².